The van der Waals surface area contributed by atoms with Gasteiger partial charge in [-0.2, -0.15) is 0 Å². The standard InChI is InChI=1S/C18H18ClN3O/c1-21-8-10-22(11-9-21)18-13-12-20-15-4-2-3-5-17(15)23-16(13)7-6-14(18)19/h2-7,12H,8-11H2,1H3. The Morgan fingerprint density at radius 1 is 1.00 bits per heavy atom. The van der Waals surface area contributed by atoms with Crippen molar-refractivity contribution in [2.45, 2.75) is 0 Å². The van der Waals surface area contributed by atoms with Crippen LogP contribution in [-0.2, 0) is 0 Å². The molecule has 1 fully saturated rings. The highest BCUT2D eigenvalue weighted by Crippen LogP contribution is 2.41. The number of ether oxygens (including phenoxy) is 1. The van der Waals surface area contributed by atoms with Crippen LogP contribution in [-0.4, -0.2) is 44.3 Å². The summed E-state index contributed by atoms with van der Waals surface area (Å²) in [6.07, 6.45) is 1.88. The summed E-state index contributed by atoms with van der Waals surface area (Å²) in [7, 11) is 2.14. The Bertz CT molecular complexity index is 767. The molecule has 0 radical (unpaired) electrons. The summed E-state index contributed by atoms with van der Waals surface area (Å²) in [5, 5.41) is 0.745. The van der Waals surface area contributed by atoms with E-state index in [0.29, 0.717) is 0 Å². The first kappa shape index (κ1) is 14.5. The number of hydrogen-bond donors (Lipinski definition) is 0. The van der Waals surface area contributed by atoms with Gasteiger partial charge in [0.1, 0.15) is 11.4 Å². The minimum absolute atomic E-state index is 0.745. The average molecular weight is 328 g/mol. The van der Waals surface area contributed by atoms with Crippen LogP contribution in [0.15, 0.2) is 41.4 Å². The van der Waals surface area contributed by atoms with Gasteiger partial charge in [-0.3, -0.25) is 4.99 Å². The number of nitrogens with zero attached hydrogens (tertiary/aromatic N) is 3. The second kappa shape index (κ2) is 5.87. The zero-order chi connectivity index (χ0) is 15.8. The van der Waals surface area contributed by atoms with Gasteiger partial charge in [-0.05, 0) is 31.3 Å². The molecule has 0 atom stereocenters. The molecule has 0 amide bonds. The van der Waals surface area contributed by atoms with Crippen LogP contribution in [0.25, 0.3) is 0 Å². The van der Waals surface area contributed by atoms with Crippen molar-refractivity contribution in [3.8, 4) is 11.5 Å². The second-order valence-electron chi connectivity index (χ2n) is 5.93. The van der Waals surface area contributed by atoms with Crippen LogP contribution in [0.5, 0.6) is 11.5 Å². The van der Waals surface area contributed by atoms with E-state index in [1.807, 2.05) is 42.6 Å². The van der Waals surface area contributed by atoms with Crippen LogP contribution in [0.1, 0.15) is 5.56 Å². The molecule has 2 aliphatic heterocycles. The smallest absolute Gasteiger partial charge is 0.153 e. The first-order valence-electron chi connectivity index (χ1n) is 7.79. The normalized spacial score (nSPS) is 17.2. The maximum Gasteiger partial charge on any atom is 0.153 e. The molecule has 0 saturated carbocycles. The fourth-order valence-corrected chi connectivity index (χ4v) is 3.32. The highest BCUT2D eigenvalue weighted by Gasteiger charge is 2.23. The second-order valence-corrected chi connectivity index (χ2v) is 6.33. The van der Waals surface area contributed by atoms with Gasteiger partial charge in [0.05, 0.1) is 16.3 Å². The Morgan fingerprint density at radius 2 is 1.78 bits per heavy atom. The number of hydrogen-bond acceptors (Lipinski definition) is 4. The molecular formula is C18H18ClN3O. The van der Waals surface area contributed by atoms with E-state index in [1.54, 1.807) is 0 Å². The van der Waals surface area contributed by atoms with Gasteiger partial charge in [0.2, 0.25) is 0 Å². The van der Waals surface area contributed by atoms with E-state index in [-0.39, 0.29) is 0 Å². The molecule has 4 rings (SSSR count). The van der Waals surface area contributed by atoms with Gasteiger partial charge in [0.25, 0.3) is 0 Å². The average Bonchev–Trinajstić information content (AvgIpc) is 2.75. The van der Waals surface area contributed by atoms with E-state index in [4.69, 9.17) is 16.3 Å². The largest absolute Gasteiger partial charge is 0.454 e. The molecule has 118 valence electrons. The molecule has 5 heteroatoms. The maximum absolute atomic E-state index is 6.52. The molecule has 0 spiro atoms. The third-order valence-electron chi connectivity index (χ3n) is 4.37. The van der Waals surface area contributed by atoms with Crippen molar-refractivity contribution < 1.29 is 4.74 Å². The Labute approximate surface area is 140 Å². The number of fused-ring (bicyclic) bond motifs is 2. The Hall–Kier alpha value is -2.04. The van der Waals surface area contributed by atoms with E-state index in [1.165, 1.54) is 0 Å². The minimum Gasteiger partial charge on any atom is -0.454 e. The van der Waals surface area contributed by atoms with Crippen molar-refractivity contribution in [2.24, 2.45) is 4.99 Å². The molecule has 2 heterocycles. The number of para-hydroxylation sites is 2. The molecule has 1 saturated heterocycles. The molecule has 4 nitrogen and oxygen atoms in total. The van der Waals surface area contributed by atoms with Crippen molar-refractivity contribution in [3.05, 3.63) is 47.0 Å². The quantitative estimate of drug-likeness (QED) is 0.677. The lowest BCUT2D eigenvalue weighted by Crippen LogP contribution is -2.45. The molecule has 0 unspecified atom stereocenters. The predicted octanol–water partition coefficient (Wildman–Crippen LogP) is 3.95. The summed E-state index contributed by atoms with van der Waals surface area (Å²) < 4.78 is 6.09. The van der Waals surface area contributed by atoms with Crippen LogP contribution >= 0.6 is 11.6 Å². The lowest BCUT2D eigenvalue weighted by molar-refractivity contribution is 0.312. The monoisotopic (exact) mass is 327 g/mol. The topological polar surface area (TPSA) is 28.1 Å². The van der Waals surface area contributed by atoms with Crippen molar-refractivity contribution in [1.29, 1.82) is 0 Å². The predicted molar refractivity (Wildman–Crippen MR) is 94.9 cm³/mol. The summed E-state index contributed by atoms with van der Waals surface area (Å²) in [5.41, 5.74) is 2.82. The van der Waals surface area contributed by atoms with E-state index < -0.39 is 0 Å². The summed E-state index contributed by atoms with van der Waals surface area (Å²) in [5.74, 6) is 1.58. The summed E-state index contributed by atoms with van der Waals surface area (Å²) in [4.78, 5) is 9.25. The summed E-state index contributed by atoms with van der Waals surface area (Å²) >= 11 is 6.52. The zero-order valence-corrected chi connectivity index (χ0v) is 13.8. The Morgan fingerprint density at radius 3 is 2.61 bits per heavy atom. The number of rotatable bonds is 1. The van der Waals surface area contributed by atoms with Crippen LogP contribution in [0, 0.1) is 0 Å². The van der Waals surface area contributed by atoms with Crippen LogP contribution in [0.4, 0.5) is 11.4 Å². The third kappa shape index (κ3) is 2.69. The van der Waals surface area contributed by atoms with Crippen molar-refractivity contribution in [2.75, 3.05) is 38.1 Å². The fourth-order valence-electron chi connectivity index (χ4n) is 3.03. The highest BCUT2D eigenvalue weighted by atomic mass is 35.5. The number of likely N-dealkylation sites (N-methyl/N-ethyl adjacent to an activating group) is 1. The van der Waals surface area contributed by atoms with Crippen LogP contribution < -0.4 is 9.64 Å². The molecule has 2 aliphatic rings. The van der Waals surface area contributed by atoms with Gasteiger partial charge in [0, 0.05) is 32.4 Å². The SMILES string of the molecule is CN1CCN(c2c(Cl)ccc3c2C=Nc2ccccc2O3)CC1. The Kier molecular flexibility index (Phi) is 3.71. The van der Waals surface area contributed by atoms with Gasteiger partial charge in [-0.1, -0.05) is 23.7 Å². The lowest BCUT2D eigenvalue weighted by atomic mass is 10.1. The van der Waals surface area contributed by atoms with E-state index in [2.05, 4.69) is 21.8 Å². The molecule has 0 N–H and O–H groups in total. The Balaban J connectivity index is 1.79. The maximum atomic E-state index is 6.52. The van der Waals surface area contributed by atoms with Crippen LogP contribution in [0.2, 0.25) is 5.02 Å². The molecule has 0 bridgehead atoms. The van der Waals surface area contributed by atoms with Gasteiger partial charge < -0.3 is 14.5 Å². The number of halogens is 1. The van der Waals surface area contributed by atoms with Crippen molar-refractivity contribution in [1.82, 2.24) is 4.90 Å². The van der Waals surface area contributed by atoms with E-state index >= 15 is 0 Å². The van der Waals surface area contributed by atoms with Gasteiger partial charge in [-0.15, -0.1) is 0 Å². The zero-order valence-electron chi connectivity index (χ0n) is 13.0. The summed E-state index contributed by atoms with van der Waals surface area (Å²) in [6, 6.07) is 11.6. The van der Waals surface area contributed by atoms with Gasteiger partial charge in [0.15, 0.2) is 5.75 Å². The van der Waals surface area contributed by atoms with E-state index in [0.717, 1.165) is 59.6 Å². The van der Waals surface area contributed by atoms with Crippen molar-refractivity contribution >= 4 is 29.2 Å². The molecule has 2 aromatic carbocycles. The lowest BCUT2D eigenvalue weighted by Gasteiger charge is -2.35. The van der Waals surface area contributed by atoms with Gasteiger partial charge in [-0.25, -0.2) is 0 Å². The summed E-state index contributed by atoms with van der Waals surface area (Å²) in [6.45, 7) is 3.96. The molecule has 23 heavy (non-hydrogen) atoms. The number of benzene rings is 2. The first-order chi connectivity index (χ1) is 11.2. The van der Waals surface area contributed by atoms with Crippen LogP contribution in [0.3, 0.4) is 0 Å². The van der Waals surface area contributed by atoms with Crippen molar-refractivity contribution in [3.63, 3.8) is 0 Å². The number of anilines is 1. The van der Waals surface area contributed by atoms with Gasteiger partial charge >= 0.3 is 0 Å². The molecular weight excluding hydrogens is 310 g/mol. The first-order valence-corrected chi connectivity index (χ1v) is 8.17. The minimum atomic E-state index is 0.745. The molecule has 2 aromatic rings. The number of piperazine rings is 1. The third-order valence-corrected chi connectivity index (χ3v) is 4.67. The molecule has 0 aromatic heterocycles. The fraction of sp³-hybridized carbons (Fsp3) is 0.278. The van der Waals surface area contributed by atoms with E-state index in [9.17, 15) is 0 Å². The number of aliphatic imine (C=N–C) groups is 1. The highest BCUT2D eigenvalue weighted by molar-refractivity contribution is 6.34. The molecule has 0 aliphatic carbocycles.